The topological polar surface area (TPSA) is 95.6 Å². The van der Waals surface area contributed by atoms with E-state index in [2.05, 4.69) is 10.6 Å². The normalized spacial score (nSPS) is 12.7. The minimum Gasteiger partial charge on any atom is -0.326 e. The second-order valence-corrected chi connectivity index (χ2v) is 5.98. The summed E-state index contributed by atoms with van der Waals surface area (Å²) in [6.45, 7) is 1.21. The molecule has 0 fully saturated rings. The van der Waals surface area contributed by atoms with Gasteiger partial charge in [0, 0.05) is 31.3 Å². The molecular weight excluding hydrogens is 353 g/mol. The molecule has 0 atom stereocenters. The molecule has 0 unspecified atom stereocenters. The van der Waals surface area contributed by atoms with E-state index in [1.807, 2.05) is 0 Å². The van der Waals surface area contributed by atoms with Gasteiger partial charge in [-0.1, -0.05) is 12.1 Å². The van der Waals surface area contributed by atoms with E-state index in [1.54, 1.807) is 24.3 Å². The highest BCUT2D eigenvalue weighted by Crippen LogP contribution is 2.25. The Labute approximate surface area is 154 Å². The number of imide groups is 1. The molecule has 7 nitrogen and oxygen atoms in total. The third-order valence-corrected chi connectivity index (χ3v) is 3.98. The van der Waals surface area contributed by atoms with Gasteiger partial charge in [0.15, 0.2) is 0 Å². The van der Waals surface area contributed by atoms with E-state index < -0.39 is 23.5 Å². The van der Waals surface area contributed by atoms with Crippen molar-refractivity contribution in [2.24, 2.45) is 0 Å². The fourth-order valence-electron chi connectivity index (χ4n) is 2.81. The van der Waals surface area contributed by atoms with Crippen molar-refractivity contribution in [3.05, 3.63) is 59.4 Å². The Bertz CT molecular complexity index is 958. The number of carbonyl (C=O) groups is 4. The van der Waals surface area contributed by atoms with Crippen LogP contribution in [0.4, 0.5) is 15.8 Å². The van der Waals surface area contributed by atoms with E-state index in [0.29, 0.717) is 11.4 Å². The first-order valence-electron chi connectivity index (χ1n) is 8.19. The van der Waals surface area contributed by atoms with Crippen molar-refractivity contribution in [1.29, 1.82) is 0 Å². The van der Waals surface area contributed by atoms with E-state index >= 15 is 0 Å². The number of nitrogens with zero attached hydrogens (tertiary/aromatic N) is 1. The number of amides is 4. The summed E-state index contributed by atoms with van der Waals surface area (Å²) in [6, 6.07) is 10.4. The molecule has 2 N–H and O–H groups in total. The van der Waals surface area contributed by atoms with Gasteiger partial charge in [0.2, 0.25) is 11.8 Å². The highest BCUT2D eigenvalue weighted by molar-refractivity contribution is 6.21. The van der Waals surface area contributed by atoms with Gasteiger partial charge in [-0.3, -0.25) is 24.1 Å². The number of halogens is 1. The maximum atomic E-state index is 13.8. The molecule has 0 aliphatic carbocycles. The van der Waals surface area contributed by atoms with Gasteiger partial charge < -0.3 is 10.6 Å². The molecule has 3 rings (SSSR count). The molecule has 1 aliphatic heterocycles. The van der Waals surface area contributed by atoms with Gasteiger partial charge in [0.1, 0.15) is 5.82 Å². The summed E-state index contributed by atoms with van der Waals surface area (Å²) in [6.07, 6.45) is -0.141. The van der Waals surface area contributed by atoms with Crippen molar-refractivity contribution in [3.63, 3.8) is 0 Å². The number of benzene rings is 2. The fourth-order valence-corrected chi connectivity index (χ4v) is 2.81. The maximum absolute atomic E-state index is 13.8. The van der Waals surface area contributed by atoms with Gasteiger partial charge in [0.25, 0.3) is 11.8 Å². The van der Waals surface area contributed by atoms with Crippen molar-refractivity contribution in [3.8, 4) is 0 Å². The largest absolute Gasteiger partial charge is 0.326 e. The Morgan fingerprint density at radius 2 is 1.67 bits per heavy atom. The zero-order valence-electron chi connectivity index (χ0n) is 14.4. The van der Waals surface area contributed by atoms with Crippen LogP contribution < -0.4 is 10.6 Å². The van der Waals surface area contributed by atoms with Gasteiger partial charge in [-0.2, -0.15) is 0 Å². The summed E-state index contributed by atoms with van der Waals surface area (Å²) in [5.74, 6) is -2.78. The second kappa shape index (κ2) is 7.36. The molecule has 4 amide bonds. The Morgan fingerprint density at radius 3 is 2.33 bits per heavy atom. The second-order valence-electron chi connectivity index (χ2n) is 5.98. The fraction of sp³-hybridized carbons (Fsp3) is 0.158. The molecule has 27 heavy (non-hydrogen) atoms. The number of nitrogens with one attached hydrogen (secondary N) is 2. The Morgan fingerprint density at radius 1 is 1.00 bits per heavy atom. The van der Waals surface area contributed by atoms with Crippen LogP contribution in [0.5, 0.6) is 0 Å². The van der Waals surface area contributed by atoms with E-state index in [-0.39, 0.29) is 30.0 Å². The summed E-state index contributed by atoms with van der Waals surface area (Å²) in [4.78, 5) is 48.6. The lowest BCUT2D eigenvalue weighted by Gasteiger charge is -2.14. The molecule has 0 bridgehead atoms. The van der Waals surface area contributed by atoms with Crippen LogP contribution in [0.3, 0.4) is 0 Å². The average molecular weight is 369 g/mol. The van der Waals surface area contributed by atoms with Crippen molar-refractivity contribution in [2.45, 2.75) is 13.3 Å². The van der Waals surface area contributed by atoms with Crippen LogP contribution >= 0.6 is 0 Å². The number of hydrogen-bond donors (Lipinski definition) is 2. The minimum absolute atomic E-state index is 0.00316. The van der Waals surface area contributed by atoms with E-state index in [9.17, 15) is 23.6 Å². The van der Waals surface area contributed by atoms with Crippen LogP contribution in [0, 0.1) is 5.82 Å². The molecule has 2 aromatic carbocycles. The quantitative estimate of drug-likeness (QED) is 0.791. The molecule has 0 spiro atoms. The molecule has 0 saturated heterocycles. The third-order valence-electron chi connectivity index (χ3n) is 3.98. The summed E-state index contributed by atoms with van der Waals surface area (Å²) in [5.41, 5.74) is 0.727. The number of anilines is 2. The molecule has 0 saturated carbocycles. The SMILES string of the molecule is CC(=O)Nc1cccc(NC(=O)CCN2C(=O)c3cccc(F)c3C2=O)c1. The molecule has 2 aromatic rings. The van der Waals surface area contributed by atoms with Crippen LogP contribution in [-0.2, 0) is 9.59 Å². The van der Waals surface area contributed by atoms with Gasteiger partial charge in [-0.15, -0.1) is 0 Å². The number of fused-ring (bicyclic) bond motifs is 1. The predicted molar refractivity (Wildman–Crippen MR) is 95.8 cm³/mol. The van der Waals surface area contributed by atoms with Crippen LogP contribution in [0.2, 0.25) is 0 Å². The first kappa shape index (κ1) is 18.2. The lowest BCUT2D eigenvalue weighted by atomic mass is 10.1. The zero-order chi connectivity index (χ0) is 19.6. The van der Waals surface area contributed by atoms with Crippen molar-refractivity contribution < 1.29 is 23.6 Å². The van der Waals surface area contributed by atoms with Gasteiger partial charge in [0.05, 0.1) is 11.1 Å². The van der Waals surface area contributed by atoms with Crippen molar-refractivity contribution >= 4 is 35.0 Å². The van der Waals surface area contributed by atoms with Gasteiger partial charge >= 0.3 is 0 Å². The van der Waals surface area contributed by atoms with E-state index in [0.717, 1.165) is 11.0 Å². The molecule has 0 aromatic heterocycles. The zero-order valence-corrected chi connectivity index (χ0v) is 14.4. The highest BCUT2D eigenvalue weighted by Gasteiger charge is 2.37. The van der Waals surface area contributed by atoms with Crippen molar-refractivity contribution in [1.82, 2.24) is 4.90 Å². The monoisotopic (exact) mass is 369 g/mol. The lowest BCUT2D eigenvalue weighted by Crippen LogP contribution is -2.33. The summed E-state index contributed by atoms with van der Waals surface area (Å²) < 4.78 is 13.8. The molecule has 1 heterocycles. The number of rotatable bonds is 5. The molecule has 8 heteroatoms. The summed E-state index contributed by atoms with van der Waals surface area (Å²) >= 11 is 0. The van der Waals surface area contributed by atoms with Crippen molar-refractivity contribution in [2.75, 3.05) is 17.2 Å². The molecular formula is C19H16FN3O4. The van der Waals surface area contributed by atoms with Gasteiger partial charge in [-0.05, 0) is 30.3 Å². The van der Waals surface area contributed by atoms with Crippen LogP contribution in [0.1, 0.15) is 34.1 Å². The Balaban J connectivity index is 1.62. The smallest absolute Gasteiger partial charge is 0.264 e. The molecule has 0 radical (unpaired) electrons. The standard InChI is InChI=1S/C19H16FN3O4/c1-11(24)21-12-4-2-5-13(10-12)22-16(25)8-9-23-18(26)14-6-3-7-15(20)17(14)19(23)27/h2-7,10H,8-9H2,1H3,(H,21,24)(H,22,25). The van der Waals surface area contributed by atoms with Crippen LogP contribution in [0.15, 0.2) is 42.5 Å². The predicted octanol–water partition coefficient (Wildman–Crippen LogP) is 2.41. The van der Waals surface area contributed by atoms with E-state index in [1.165, 1.54) is 19.1 Å². The highest BCUT2D eigenvalue weighted by atomic mass is 19.1. The van der Waals surface area contributed by atoms with Crippen LogP contribution in [0.25, 0.3) is 0 Å². The summed E-state index contributed by atoms with van der Waals surface area (Å²) in [5, 5.41) is 5.23. The minimum atomic E-state index is -0.757. The Kier molecular flexibility index (Phi) is 4.98. The summed E-state index contributed by atoms with van der Waals surface area (Å²) in [7, 11) is 0. The maximum Gasteiger partial charge on any atom is 0.264 e. The third kappa shape index (κ3) is 3.84. The number of hydrogen-bond acceptors (Lipinski definition) is 4. The lowest BCUT2D eigenvalue weighted by molar-refractivity contribution is -0.116. The van der Waals surface area contributed by atoms with E-state index in [4.69, 9.17) is 0 Å². The first-order chi connectivity index (χ1) is 12.9. The Hall–Kier alpha value is -3.55. The molecule has 138 valence electrons. The van der Waals surface area contributed by atoms with Crippen LogP contribution in [-0.4, -0.2) is 35.1 Å². The number of carbonyl (C=O) groups excluding carboxylic acids is 4. The molecule has 1 aliphatic rings. The van der Waals surface area contributed by atoms with Gasteiger partial charge in [-0.25, -0.2) is 4.39 Å². The average Bonchev–Trinajstić information content (AvgIpc) is 2.85. The first-order valence-corrected chi connectivity index (χ1v) is 8.19.